The molecular formula is C12H26N2OS. The normalized spacial score (nSPS) is 12.4. The maximum atomic E-state index is 11.5. The van der Waals surface area contributed by atoms with E-state index >= 15 is 0 Å². The van der Waals surface area contributed by atoms with E-state index in [2.05, 4.69) is 19.2 Å². The Morgan fingerprint density at radius 2 is 2.12 bits per heavy atom. The summed E-state index contributed by atoms with van der Waals surface area (Å²) in [6.45, 7) is 4.96. The van der Waals surface area contributed by atoms with Gasteiger partial charge in [-0.15, -0.1) is 0 Å². The standard InChI is InChI=1S/C12H26N2OS/c1-3-16-10-8-11(2)14-12(15)7-5-4-6-9-13/h11H,3-10,13H2,1-2H3,(H,14,15). The van der Waals surface area contributed by atoms with Gasteiger partial charge in [-0.05, 0) is 44.2 Å². The van der Waals surface area contributed by atoms with E-state index in [9.17, 15) is 4.79 Å². The summed E-state index contributed by atoms with van der Waals surface area (Å²) < 4.78 is 0. The lowest BCUT2D eigenvalue weighted by Crippen LogP contribution is -2.32. The zero-order chi connectivity index (χ0) is 12.2. The van der Waals surface area contributed by atoms with Crippen LogP contribution in [-0.4, -0.2) is 30.0 Å². The molecule has 0 radical (unpaired) electrons. The SMILES string of the molecule is CCSCCC(C)NC(=O)CCCCCN. The highest BCUT2D eigenvalue weighted by Gasteiger charge is 2.06. The Labute approximate surface area is 104 Å². The van der Waals surface area contributed by atoms with Gasteiger partial charge in [0.1, 0.15) is 0 Å². The first-order valence-electron chi connectivity index (χ1n) is 6.27. The van der Waals surface area contributed by atoms with E-state index in [0.717, 1.165) is 43.7 Å². The van der Waals surface area contributed by atoms with Crippen molar-refractivity contribution in [2.75, 3.05) is 18.1 Å². The van der Waals surface area contributed by atoms with Crippen LogP contribution in [0.2, 0.25) is 0 Å². The van der Waals surface area contributed by atoms with Gasteiger partial charge in [0.05, 0.1) is 0 Å². The van der Waals surface area contributed by atoms with Gasteiger partial charge in [0.2, 0.25) is 5.91 Å². The third kappa shape index (κ3) is 10.3. The number of nitrogens with two attached hydrogens (primary N) is 1. The monoisotopic (exact) mass is 246 g/mol. The summed E-state index contributed by atoms with van der Waals surface area (Å²) in [7, 11) is 0. The molecule has 0 heterocycles. The first-order valence-corrected chi connectivity index (χ1v) is 7.43. The van der Waals surface area contributed by atoms with Crippen molar-refractivity contribution < 1.29 is 4.79 Å². The molecule has 0 bridgehead atoms. The fraction of sp³-hybridized carbons (Fsp3) is 0.917. The molecule has 0 aromatic rings. The predicted molar refractivity (Wildman–Crippen MR) is 72.7 cm³/mol. The molecule has 0 saturated heterocycles. The Kier molecular flexibility index (Phi) is 11.1. The van der Waals surface area contributed by atoms with Crippen LogP contribution in [0.3, 0.4) is 0 Å². The minimum Gasteiger partial charge on any atom is -0.354 e. The maximum Gasteiger partial charge on any atom is 0.220 e. The van der Waals surface area contributed by atoms with E-state index in [4.69, 9.17) is 5.73 Å². The lowest BCUT2D eigenvalue weighted by molar-refractivity contribution is -0.121. The Balaban J connectivity index is 3.39. The van der Waals surface area contributed by atoms with Crippen molar-refractivity contribution in [3.63, 3.8) is 0 Å². The van der Waals surface area contributed by atoms with E-state index < -0.39 is 0 Å². The van der Waals surface area contributed by atoms with Gasteiger partial charge in [0.15, 0.2) is 0 Å². The smallest absolute Gasteiger partial charge is 0.220 e. The van der Waals surface area contributed by atoms with Gasteiger partial charge in [0, 0.05) is 12.5 Å². The average molecular weight is 246 g/mol. The van der Waals surface area contributed by atoms with E-state index in [1.54, 1.807) is 0 Å². The molecule has 3 nitrogen and oxygen atoms in total. The van der Waals surface area contributed by atoms with Crippen LogP contribution in [0.1, 0.15) is 46.0 Å². The number of unbranched alkanes of at least 4 members (excludes halogenated alkanes) is 2. The summed E-state index contributed by atoms with van der Waals surface area (Å²) in [5.41, 5.74) is 5.39. The lowest BCUT2D eigenvalue weighted by atomic mass is 10.1. The molecule has 0 rings (SSSR count). The van der Waals surface area contributed by atoms with Gasteiger partial charge in [-0.3, -0.25) is 4.79 Å². The summed E-state index contributed by atoms with van der Waals surface area (Å²) in [6, 6.07) is 0.307. The lowest BCUT2D eigenvalue weighted by Gasteiger charge is -2.13. The molecule has 1 atom stereocenters. The minimum atomic E-state index is 0.186. The van der Waals surface area contributed by atoms with Gasteiger partial charge in [-0.2, -0.15) is 11.8 Å². The zero-order valence-electron chi connectivity index (χ0n) is 10.6. The van der Waals surface area contributed by atoms with Crippen LogP contribution in [0.4, 0.5) is 0 Å². The summed E-state index contributed by atoms with van der Waals surface area (Å²) in [5, 5.41) is 3.03. The predicted octanol–water partition coefficient (Wildman–Crippen LogP) is 2.15. The maximum absolute atomic E-state index is 11.5. The molecule has 1 unspecified atom stereocenters. The van der Waals surface area contributed by atoms with Crippen LogP contribution in [0.15, 0.2) is 0 Å². The highest BCUT2D eigenvalue weighted by Crippen LogP contribution is 2.04. The van der Waals surface area contributed by atoms with E-state index in [1.165, 1.54) is 0 Å². The highest BCUT2D eigenvalue weighted by atomic mass is 32.2. The molecule has 0 saturated carbocycles. The fourth-order valence-electron chi connectivity index (χ4n) is 1.43. The van der Waals surface area contributed by atoms with Crippen LogP contribution in [-0.2, 0) is 4.79 Å². The van der Waals surface area contributed by atoms with Crippen molar-refractivity contribution in [3.8, 4) is 0 Å². The molecule has 0 spiro atoms. The second-order valence-corrected chi connectivity index (χ2v) is 5.45. The van der Waals surface area contributed by atoms with Crippen LogP contribution in [0.5, 0.6) is 0 Å². The molecule has 0 aliphatic heterocycles. The fourth-order valence-corrected chi connectivity index (χ4v) is 2.24. The van der Waals surface area contributed by atoms with Gasteiger partial charge < -0.3 is 11.1 Å². The molecule has 16 heavy (non-hydrogen) atoms. The Morgan fingerprint density at radius 3 is 2.75 bits per heavy atom. The molecule has 4 heteroatoms. The number of amides is 1. The summed E-state index contributed by atoms with van der Waals surface area (Å²) in [6.07, 6.45) is 4.75. The molecule has 3 N–H and O–H groups in total. The largest absolute Gasteiger partial charge is 0.354 e. The highest BCUT2D eigenvalue weighted by molar-refractivity contribution is 7.99. The molecule has 0 fully saturated rings. The van der Waals surface area contributed by atoms with Crippen LogP contribution >= 0.6 is 11.8 Å². The zero-order valence-corrected chi connectivity index (χ0v) is 11.4. The van der Waals surface area contributed by atoms with E-state index in [1.807, 2.05) is 11.8 Å². The molecule has 0 aliphatic carbocycles. The first-order chi connectivity index (χ1) is 7.70. The quantitative estimate of drug-likeness (QED) is 0.581. The molecule has 0 aromatic heterocycles. The van der Waals surface area contributed by atoms with Crippen molar-refractivity contribution in [1.29, 1.82) is 0 Å². The molecule has 1 amide bonds. The number of carbonyl (C=O) groups excluding carboxylic acids is 1. The average Bonchev–Trinajstić information content (AvgIpc) is 2.25. The third-order valence-electron chi connectivity index (χ3n) is 2.41. The van der Waals surface area contributed by atoms with E-state index in [-0.39, 0.29) is 5.91 Å². The first kappa shape index (κ1) is 15.8. The van der Waals surface area contributed by atoms with Crippen LogP contribution < -0.4 is 11.1 Å². The van der Waals surface area contributed by atoms with Crippen molar-refractivity contribution in [1.82, 2.24) is 5.32 Å². The van der Waals surface area contributed by atoms with Crippen molar-refractivity contribution in [2.45, 2.75) is 52.0 Å². The third-order valence-corrected chi connectivity index (χ3v) is 3.35. The topological polar surface area (TPSA) is 55.1 Å². The molecule has 0 aliphatic rings. The number of hydrogen-bond donors (Lipinski definition) is 2. The minimum absolute atomic E-state index is 0.186. The number of hydrogen-bond acceptors (Lipinski definition) is 3. The molecule has 0 aromatic carbocycles. The van der Waals surface area contributed by atoms with Gasteiger partial charge in [0.25, 0.3) is 0 Å². The second-order valence-electron chi connectivity index (χ2n) is 4.05. The van der Waals surface area contributed by atoms with Crippen molar-refractivity contribution in [2.24, 2.45) is 5.73 Å². The van der Waals surface area contributed by atoms with Crippen LogP contribution in [0, 0.1) is 0 Å². The number of carbonyl (C=O) groups is 1. The van der Waals surface area contributed by atoms with Crippen molar-refractivity contribution in [3.05, 3.63) is 0 Å². The van der Waals surface area contributed by atoms with E-state index in [0.29, 0.717) is 12.5 Å². The van der Waals surface area contributed by atoms with Gasteiger partial charge >= 0.3 is 0 Å². The number of thioether (sulfide) groups is 1. The second kappa shape index (κ2) is 11.3. The Hall–Kier alpha value is -0.220. The van der Waals surface area contributed by atoms with Gasteiger partial charge in [-0.25, -0.2) is 0 Å². The number of rotatable bonds is 10. The molecular weight excluding hydrogens is 220 g/mol. The summed E-state index contributed by atoms with van der Waals surface area (Å²) >= 11 is 1.92. The van der Waals surface area contributed by atoms with Crippen LogP contribution in [0.25, 0.3) is 0 Å². The summed E-state index contributed by atoms with van der Waals surface area (Å²) in [5.74, 6) is 2.47. The molecule has 96 valence electrons. The van der Waals surface area contributed by atoms with Gasteiger partial charge in [-0.1, -0.05) is 13.3 Å². The number of nitrogens with one attached hydrogen (secondary N) is 1. The Morgan fingerprint density at radius 1 is 1.38 bits per heavy atom. The Bertz CT molecular complexity index is 176. The van der Waals surface area contributed by atoms with Crippen molar-refractivity contribution >= 4 is 17.7 Å². The summed E-state index contributed by atoms with van der Waals surface area (Å²) in [4.78, 5) is 11.5.